The number of carbonyl (C=O) groups is 1. The van der Waals surface area contributed by atoms with Gasteiger partial charge in [0.15, 0.2) is 0 Å². The van der Waals surface area contributed by atoms with Gasteiger partial charge in [-0.15, -0.1) is 11.8 Å². The van der Waals surface area contributed by atoms with Crippen LogP contribution in [0.4, 0.5) is 17.1 Å². The Morgan fingerprint density at radius 3 is 2.95 bits per heavy atom. The largest absolute Gasteiger partial charge is 0.378 e. The molecule has 1 heterocycles. The highest BCUT2D eigenvalue weighted by molar-refractivity contribution is 5.95. The van der Waals surface area contributed by atoms with Crippen LogP contribution in [0.25, 0.3) is 0 Å². The van der Waals surface area contributed by atoms with Crippen molar-refractivity contribution in [1.82, 2.24) is 0 Å². The Morgan fingerprint density at radius 1 is 1.45 bits per heavy atom. The SMILES string of the molecule is CC#CCCNc1cc2c(cc1[N+](=O)[O-])CCC(=O)N2. The molecule has 0 spiro atoms. The number of hydrogen-bond acceptors (Lipinski definition) is 4. The summed E-state index contributed by atoms with van der Waals surface area (Å²) >= 11 is 0. The van der Waals surface area contributed by atoms with Crippen LogP contribution in [0.5, 0.6) is 0 Å². The average Bonchev–Trinajstić information content (AvgIpc) is 2.42. The first-order valence-corrected chi connectivity index (χ1v) is 6.36. The van der Waals surface area contributed by atoms with Crippen molar-refractivity contribution in [2.24, 2.45) is 0 Å². The molecule has 104 valence electrons. The highest BCUT2D eigenvalue weighted by Gasteiger charge is 2.22. The fourth-order valence-electron chi connectivity index (χ4n) is 2.09. The van der Waals surface area contributed by atoms with Gasteiger partial charge in [-0.1, -0.05) is 0 Å². The molecule has 20 heavy (non-hydrogen) atoms. The van der Waals surface area contributed by atoms with Gasteiger partial charge in [0.05, 0.1) is 4.92 Å². The zero-order valence-corrected chi connectivity index (χ0v) is 11.2. The molecule has 6 nitrogen and oxygen atoms in total. The summed E-state index contributed by atoms with van der Waals surface area (Å²) in [6, 6.07) is 3.16. The summed E-state index contributed by atoms with van der Waals surface area (Å²) in [7, 11) is 0. The minimum absolute atomic E-state index is 0.0318. The Hall–Kier alpha value is -2.55. The fraction of sp³-hybridized carbons (Fsp3) is 0.357. The molecule has 2 rings (SSSR count). The number of rotatable bonds is 4. The minimum atomic E-state index is -0.412. The van der Waals surface area contributed by atoms with E-state index in [1.54, 1.807) is 13.0 Å². The van der Waals surface area contributed by atoms with Crippen LogP contribution >= 0.6 is 0 Å². The zero-order valence-electron chi connectivity index (χ0n) is 11.2. The summed E-state index contributed by atoms with van der Waals surface area (Å²) in [6.45, 7) is 2.27. The van der Waals surface area contributed by atoms with Crippen molar-refractivity contribution in [3.63, 3.8) is 0 Å². The van der Waals surface area contributed by atoms with E-state index < -0.39 is 4.92 Å². The minimum Gasteiger partial charge on any atom is -0.378 e. The van der Waals surface area contributed by atoms with Crippen molar-refractivity contribution < 1.29 is 9.72 Å². The third kappa shape index (κ3) is 3.06. The van der Waals surface area contributed by atoms with E-state index in [4.69, 9.17) is 0 Å². The quantitative estimate of drug-likeness (QED) is 0.381. The van der Waals surface area contributed by atoms with Crippen LogP contribution in [-0.4, -0.2) is 17.4 Å². The molecule has 0 radical (unpaired) electrons. The molecule has 1 amide bonds. The molecule has 0 aromatic heterocycles. The van der Waals surface area contributed by atoms with Gasteiger partial charge in [-0.05, 0) is 25.0 Å². The van der Waals surface area contributed by atoms with Gasteiger partial charge in [-0.25, -0.2) is 0 Å². The van der Waals surface area contributed by atoms with Gasteiger partial charge in [0.1, 0.15) is 5.69 Å². The number of nitrogens with zero attached hydrogens (tertiary/aromatic N) is 1. The molecule has 0 aliphatic carbocycles. The second-order valence-corrected chi connectivity index (χ2v) is 4.44. The maximum atomic E-state index is 11.4. The van der Waals surface area contributed by atoms with Crippen LogP contribution in [0.3, 0.4) is 0 Å². The molecule has 0 fully saturated rings. The first-order chi connectivity index (χ1) is 9.61. The standard InChI is InChI=1S/C14H15N3O3/c1-2-3-4-7-15-12-9-11-10(5-6-14(18)16-11)8-13(12)17(19)20/h8-9,15H,4-7H2,1H3,(H,16,18). The van der Waals surface area contributed by atoms with E-state index in [1.165, 1.54) is 6.07 Å². The average molecular weight is 273 g/mol. The number of carbonyl (C=O) groups excluding carboxylic acids is 1. The Bertz CT molecular complexity index is 614. The number of nitro groups is 1. The lowest BCUT2D eigenvalue weighted by molar-refractivity contribution is -0.384. The molecular weight excluding hydrogens is 258 g/mol. The van der Waals surface area contributed by atoms with Crippen molar-refractivity contribution in [3.05, 3.63) is 27.8 Å². The summed E-state index contributed by atoms with van der Waals surface area (Å²) in [5.74, 6) is 5.59. The fourth-order valence-corrected chi connectivity index (χ4v) is 2.09. The number of nitro benzene ring substituents is 1. The van der Waals surface area contributed by atoms with E-state index in [2.05, 4.69) is 22.5 Å². The smallest absolute Gasteiger partial charge is 0.292 e. The number of hydrogen-bond donors (Lipinski definition) is 2. The number of benzene rings is 1. The molecule has 0 bridgehead atoms. The maximum absolute atomic E-state index is 11.4. The summed E-state index contributed by atoms with van der Waals surface area (Å²) in [6.07, 6.45) is 1.50. The van der Waals surface area contributed by atoms with E-state index in [0.29, 0.717) is 37.2 Å². The Labute approximate surface area is 116 Å². The summed E-state index contributed by atoms with van der Waals surface area (Å²) in [5.41, 5.74) is 1.89. The predicted molar refractivity (Wildman–Crippen MR) is 76.6 cm³/mol. The number of nitrogens with one attached hydrogen (secondary N) is 2. The van der Waals surface area contributed by atoms with Gasteiger partial charge >= 0.3 is 0 Å². The van der Waals surface area contributed by atoms with Gasteiger partial charge in [-0.2, -0.15) is 0 Å². The van der Waals surface area contributed by atoms with Crippen LogP contribution in [0.1, 0.15) is 25.3 Å². The number of amides is 1. The predicted octanol–water partition coefficient (Wildman–Crippen LogP) is 2.30. The van der Waals surface area contributed by atoms with E-state index in [-0.39, 0.29) is 11.6 Å². The van der Waals surface area contributed by atoms with Crippen molar-refractivity contribution in [2.75, 3.05) is 17.2 Å². The molecule has 1 aromatic rings. The van der Waals surface area contributed by atoms with Crippen LogP contribution < -0.4 is 10.6 Å². The molecule has 1 aliphatic rings. The summed E-state index contributed by atoms with van der Waals surface area (Å²) < 4.78 is 0. The lowest BCUT2D eigenvalue weighted by Crippen LogP contribution is -2.19. The van der Waals surface area contributed by atoms with Crippen molar-refractivity contribution in [2.45, 2.75) is 26.2 Å². The molecule has 1 aliphatic heterocycles. The van der Waals surface area contributed by atoms with Crippen LogP contribution in [0.2, 0.25) is 0 Å². The Kier molecular flexibility index (Phi) is 4.20. The van der Waals surface area contributed by atoms with Crippen LogP contribution in [0.15, 0.2) is 12.1 Å². The highest BCUT2D eigenvalue weighted by atomic mass is 16.6. The monoisotopic (exact) mass is 273 g/mol. The summed E-state index contributed by atoms with van der Waals surface area (Å²) in [5, 5.41) is 16.8. The molecule has 2 N–H and O–H groups in total. The third-order valence-corrected chi connectivity index (χ3v) is 3.06. The Balaban J connectivity index is 2.27. The van der Waals surface area contributed by atoms with E-state index in [9.17, 15) is 14.9 Å². The van der Waals surface area contributed by atoms with Gasteiger partial charge in [0.25, 0.3) is 5.69 Å². The number of anilines is 2. The van der Waals surface area contributed by atoms with Crippen LogP contribution in [-0.2, 0) is 11.2 Å². The number of aryl methyl sites for hydroxylation is 1. The lowest BCUT2D eigenvalue weighted by Gasteiger charge is -2.18. The molecule has 6 heteroatoms. The van der Waals surface area contributed by atoms with Gasteiger partial charge in [-0.3, -0.25) is 14.9 Å². The zero-order chi connectivity index (χ0) is 14.5. The van der Waals surface area contributed by atoms with Crippen molar-refractivity contribution in [3.8, 4) is 11.8 Å². The Morgan fingerprint density at radius 2 is 2.25 bits per heavy atom. The highest BCUT2D eigenvalue weighted by Crippen LogP contribution is 2.33. The van der Waals surface area contributed by atoms with E-state index in [0.717, 1.165) is 5.56 Å². The first kappa shape index (κ1) is 13.9. The molecular formula is C14H15N3O3. The second-order valence-electron chi connectivity index (χ2n) is 4.44. The van der Waals surface area contributed by atoms with Gasteiger partial charge in [0, 0.05) is 31.1 Å². The molecule has 0 saturated heterocycles. The van der Waals surface area contributed by atoms with Gasteiger partial charge in [0.2, 0.25) is 5.91 Å². The maximum Gasteiger partial charge on any atom is 0.292 e. The topological polar surface area (TPSA) is 84.3 Å². The normalized spacial score (nSPS) is 12.8. The molecule has 0 saturated carbocycles. The molecule has 0 atom stereocenters. The summed E-state index contributed by atoms with van der Waals surface area (Å²) in [4.78, 5) is 22.1. The molecule has 0 unspecified atom stereocenters. The first-order valence-electron chi connectivity index (χ1n) is 6.36. The lowest BCUT2D eigenvalue weighted by atomic mass is 10.0. The second kappa shape index (κ2) is 6.06. The van der Waals surface area contributed by atoms with E-state index in [1.807, 2.05) is 0 Å². The van der Waals surface area contributed by atoms with E-state index >= 15 is 0 Å². The van der Waals surface area contributed by atoms with Crippen LogP contribution in [0, 0.1) is 22.0 Å². The van der Waals surface area contributed by atoms with Crippen molar-refractivity contribution in [1.29, 1.82) is 0 Å². The van der Waals surface area contributed by atoms with Crippen molar-refractivity contribution >= 4 is 23.0 Å². The van der Waals surface area contributed by atoms with Gasteiger partial charge < -0.3 is 10.6 Å². The number of fused-ring (bicyclic) bond motifs is 1. The molecule has 1 aromatic carbocycles. The third-order valence-electron chi connectivity index (χ3n) is 3.06.